The number of ether oxygens (including phenoxy) is 1. The van der Waals surface area contributed by atoms with Crippen molar-refractivity contribution in [1.29, 1.82) is 0 Å². The molecule has 0 bridgehead atoms. The van der Waals surface area contributed by atoms with Crippen LogP contribution in [0.1, 0.15) is 19.4 Å². The lowest BCUT2D eigenvalue weighted by atomic mass is 10.0. The van der Waals surface area contributed by atoms with Crippen LogP contribution in [-0.2, 0) is 11.2 Å². The first kappa shape index (κ1) is 12.4. The lowest BCUT2D eigenvalue weighted by Gasteiger charge is -2.29. The molecule has 0 aromatic heterocycles. The molecule has 1 saturated heterocycles. The Kier molecular flexibility index (Phi) is 4.00. The quantitative estimate of drug-likeness (QED) is 0.801. The highest BCUT2D eigenvalue weighted by Gasteiger charge is 2.15. The number of hydrogen-bond donors (Lipinski definition) is 0. The third-order valence-corrected chi connectivity index (χ3v) is 3.01. The Morgan fingerprint density at radius 3 is 2.59 bits per heavy atom. The number of anilines is 1. The second-order valence-electron chi connectivity index (χ2n) is 4.98. The Balaban J connectivity index is 2.13. The normalized spacial score (nSPS) is 16.6. The van der Waals surface area contributed by atoms with E-state index in [1.54, 1.807) is 6.07 Å². The number of hydrogen-bond acceptors (Lipinski definition) is 2. The van der Waals surface area contributed by atoms with Crippen molar-refractivity contribution < 1.29 is 9.13 Å². The van der Waals surface area contributed by atoms with Crippen LogP contribution in [0.2, 0.25) is 0 Å². The van der Waals surface area contributed by atoms with E-state index in [0.29, 0.717) is 24.8 Å². The van der Waals surface area contributed by atoms with E-state index >= 15 is 0 Å². The van der Waals surface area contributed by atoms with E-state index in [9.17, 15) is 4.39 Å². The molecule has 2 nitrogen and oxygen atoms in total. The highest BCUT2D eigenvalue weighted by molar-refractivity contribution is 5.49. The van der Waals surface area contributed by atoms with Crippen LogP contribution >= 0.6 is 0 Å². The van der Waals surface area contributed by atoms with E-state index in [4.69, 9.17) is 4.74 Å². The van der Waals surface area contributed by atoms with E-state index in [2.05, 4.69) is 18.7 Å². The fourth-order valence-corrected chi connectivity index (χ4v) is 2.21. The molecule has 3 heteroatoms. The predicted octanol–water partition coefficient (Wildman–Crippen LogP) is 2.86. The molecular formula is C14H20FNO. The molecule has 0 atom stereocenters. The Morgan fingerprint density at radius 2 is 2.00 bits per heavy atom. The van der Waals surface area contributed by atoms with E-state index in [0.717, 1.165) is 25.1 Å². The second kappa shape index (κ2) is 5.50. The molecular weight excluding hydrogens is 217 g/mol. The summed E-state index contributed by atoms with van der Waals surface area (Å²) in [7, 11) is 0. The first-order valence-electron chi connectivity index (χ1n) is 6.28. The van der Waals surface area contributed by atoms with Crippen LogP contribution in [0.3, 0.4) is 0 Å². The van der Waals surface area contributed by atoms with Gasteiger partial charge in [0.1, 0.15) is 5.82 Å². The van der Waals surface area contributed by atoms with Crippen LogP contribution in [0.25, 0.3) is 0 Å². The third-order valence-electron chi connectivity index (χ3n) is 3.01. The van der Waals surface area contributed by atoms with Gasteiger partial charge in [0.15, 0.2) is 0 Å². The molecule has 1 aliphatic rings. The Labute approximate surface area is 102 Å². The zero-order valence-corrected chi connectivity index (χ0v) is 10.6. The van der Waals surface area contributed by atoms with E-state index in [1.807, 2.05) is 12.1 Å². The second-order valence-corrected chi connectivity index (χ2v) is 4.98. The summed E-state index contributed by atoms with van der Waals surface area (Å²) in [5.74, 6) is 0.452. The molecule has 0 amide bonds. The van der Waals surface area contributed by atoms with Crippen LogP contribution in [0.5, 0.6) is 0 Å². The number of halogens is 1. The van der Waals surface area contributed by atoms with Crippen molar-refractivity contribution in [2.45, 2.75) is 20.3 Å². The van der Waals surface area contributed by atoms with Crippen molar-refractivity contribution in [2.24, 2.45) is 5.92 Å². The van der Waals surface area contributed by atoms with Crippen LogP contribution in [0, 0.1) is 11.7 Å². The number of rotatable bonds is 3. The van der Waals surface area contributed by atoms with Crippen LogP contribution in [0.4, 0.5) is 10.1 Å². The van der Waals surface area contributed by atoms with Gasteiger partial charge in [0.2, 0.25) is 0 Å². The first-order chi connectivity index (χ1) is 8.16. The third kappa shape index (κ3) is 3.19. The minimum Gasteiger partial charge on any atom is -0.378 e. The molecule has 0 aliphatic carbocycles. The highest BCUT2D eigenvalue weighted by atomic mass is 19.1. The molecule has 0 radical (unpaired) electrons. The molecule has 1 fully saturated rings. The number of morpholine rings is 1. The van der Waals surface area contributed by atoms with Gasteiger partial charge in [-0.1, -0.05) is 19.9 Å². The van der Waals surface area contributed by atoms with Gasteiger partial charge in [-0.3, -0.25) is 0 Å². The van der Waals surface area contributed by atoms with Crippen LogP contribution < -0.4 is 4.90 Å². The molecule has 17 heavy (non-hydrogen) atoms. The van der Waals surface area contributed by atoms with Gasteiger partial charge < -0.3 is 9.64 Å². The van der Waals surface area contributed by atoms with Crippen LogP contribution in [-0.4, -0.2) is 26.3 Å². The maximum absolute atomic E-state index is 14.0. The Hall–Kier alpha value is -1.09. The van der Waals surface area contributed by atoms with Crippen molar-refractivity contribution in [1.82, 2.24) is 0 Å². The Morgan fingerprint density at radius 1 is 1.29 bits per heavy atom. The highest BCUT2D eigenvalue weighted by Crippen LogP contribution is 2.22. The summed E-state index contributed by atoms with van der Waals surface area (Å²) in [6.45, 7) is 7.23. The zero-order valence-electron chi connectivity index (χ0n) is 10.6. The van der Waals surface area contributed by atoms with Crippen molar-refractivity contribution >= 4 is 5.69 Å². The summed E-state index contributed by atoms with van der Waals surface area (Å²) in [6.07, 6.45) is 0.931. The van der Waals surface area contributed by atoms with E-state index < -0.39 is 0 Å². The molecule has 94 valence electrons. The van der Waals surface area contributed by atoms with Gasteiger partial charge in [-0.15, -0.1) is 0 Å². The van der Waals surface area contributed by atoms with Gasteiger partial charge in [-0.05, 0) is 30.0 Å². The fourth-order valence-electron chi connectivity index (χ4n) is 2.21. The van der Waals surface area contributed by atoms with Crippen molar-refractivity contribution in [3.05, 3.63) is 29.6 Å². The summed E-state index contributed by atoms with van der Waals surface area (Å²) in [5, 5.41) is 0. The maximum Gasteiger partial charge on any atom is 0.146 e. The van der Waals surface area contributed by atoms with Gasteiger partial charge in [-0.2, -0.15) is 0 Å². The summed E-state index contributed by atoms with van der Waals surface area (Å²) < 4.78 is 19.3. The lowest BCUT2D eigenvalue weighted by molar-refractivity contribution is 0.122. The molecule has 2 rings (SSSR count). The SMILES string of the molecule is CC(C)Cc1ccc(N2CCOCC2)c(F)c1. The first-order valence-corrected chi connectivity index (χ1v) is 6.28. The minimum atomic E-state index is -0.106. The predicted molar refractivity (Wildman–Crippen MR) is 68.0 cm³/mol. The largest absolute Gasteiger partial charge is 0.378 e. The van der Waals surface area contributed by atoms with Crippen molar-refractivity contribution in [2.75, 3.05) is 31.2 Å². The van der Waals surface area contributed by atoms with Gasteiger partial charge in [0, 0.05) is 13.1 Å². The lowest BCUT2D eigenvalue weighted by Crippen LogP contribution is -2.36. The summed E-state index contributed by atoms with van der Waals surface area (Å²) in [5.41, 5.74) is 1.79. The molecule has 0 spiro atoms. The zero-order chi connectivity index (χ0) is 12.3. The van der Waals surface area contributed by atoms with Gasteiger partial charge in [0.25, 0.3) is 0 Å². The van der Waals surface area contributed by atoms with Gasteiger partial charge in [0.05, 0.1) is 18.9 Å². The maximum atomic E-state index is 14.0. The summed E-state index contributed by atoms with van der Waals surface area (Å²) in [4.78, 5) is 2.05. The van der Waals surface area contributed by atoms with Gasteiger partial charge >= 0.3 is 0 Å². The monoisotopic (exact) mass is 237 g/mol. The molecule has 1 aliphatic heterocycles. The smallest absolute Gasteiger partial charge is 0.146 e. The molecule has 1 aromatic rings. The van der Waals surface area contributed by atoms with Gasteiger partial charge in [-0.25, -0.2) is 4.39 Å². The molecule has 0 saturated carbocycles. The Bertz CT molecular complexity index is 372. The van der Waals surface area contributed by atoms with Crippen molar-refractivity contribution in [3.8, 4) is 0 Å². The molecule has 0 unspecified atom stereocenters. The van der Waals surface area contributed by atoms with E-state index in [1.165, 1.54) is 0 Å². The van der Waals surface area contributed by atoms with Crippen molar-refractivity contribution in [3.63, 3.8) is 0 Å². The molecule has 0 N–H and O–H groups in total. The van der Waals surface area contributed by atoms with E-state index in [-0.39, 0.29) is 5.82 Å². The van der Waals surface area contributed by atoms with Crippen LogP contribution in [0.15, 0.2) is 18.2 Å². The number of nitrogens with zero attached hydrogens (tertiary/aromatic N) is 1. The molecule has 1 aromatic carbocycles. The topological polar surface area (TPSA) is 12.5 Å². The average molecular weight is 237 g/mol. The minimum absolute atomic E-state index is 0.106. The summed E-state index contributed by atoms with van der Waals surface area (Å²) in [6, 6.07) is 5.61. The number of benzene rings is 1. The standard InChI is InChI=1S/C14H20FNO/c1-11(2)9-12-3-4-14(13(15)10-12)16-5-7-17-8-6-16/h3-4,10-11H,5-9H2,1-2H3. The fraction of sp³-hybridized carbons (Fsp3) is 0.571. The molecule has 1 heterocycles. The summed E-state index contributed by atoms with van der Waals surface area (Å²) >= 11 is 0. The average Bonchev–Trinajstić information content (AvgIpc) is 2.29.